The van der Waals surface area contributed by atoms with Crippen LogP contribution in [-0.4, -0.2) is 30.5 Å². The van der Waals surface area contributed by atoms with Crippen molar-refractivity contribution in [1.82, 2.24) is 10.3 Å². The largest absolute Gasteiger partial charge is 0.495 e. The van der Waals surface area contributed by atoms with Crippen LogP contribution >= 0.6 is 22.9 Å². The second-order valence-corrected chi connectivity index (χ2v) is 8.07. The standard InChI is InChI=1S/C20H18ClN3O3S/c1-27-16-7-6-13(21)9-15(16)24-11-12(8-19(24)25)20(26)22-10-18-23-14-4-2-3-5-17(14)28-18/h2-7,9,12H,8,10-11H2,1H3,(H,22,26)/t12-/m1/s1. The molecule has 144 valence electrons. The number of carbonyl (C=O) groups excluding carboxylic acids is 2. The van der Waals surface area contributed by atoms with Crippen LogP contribution in [0, 0.1) is 5.92 Å². The zero-order valence-electron chi connectivity index (χ0n) is 15.1. The zero-order chi connectivity index (χ0) is 19.7. The van der Waals surface area contributed by atoms with Gasteiger partial charge in [-0.2, -0.15) is 0 Å². The summed E-state index contributed by atoms with van der Waals surface area (Å²) in [6.07, 6.45) is 0.154. The molecule has 6 nitrogen and oxygen atoms in total. The van der Waals surface area contributed by atoms with Crippen molar-refractivity contribution in [3.8, 4) is 5.75 Å². The topological polar surface area (TPSA) is 71.5 Å². The number of amides is 2. The van der Waals surface area contributed by atoms with Crippen LogP contribution in [0.1, 0.15) is 11.4 Å². The van der Waals surface area contributed by atoms with Gasteiger partial charge in [0.25, 0.3) is 0 Å². The summed E-state index contributed by atoms with van der Waals surface area (Å²) < 4.78 is 6.42. The second-order valence-electron chi connectivity index (χ2n) is 6.51. The number of para-hydroxylation sites is 1. The normalized spacial score (nSPS) is 16.6. The molecule has 3 aromatic rings. The number of thiazole rings is 1. The number of halogens is 1. The first kappa shape index (κ1) is 18.7. The third-order valence-electron chi connectivity index (χ3n) is 4.68. The Morgan fingerprint density at radius 1 is 1.36 bits per heavy atom. The summed E-state index contributed by atoms with van der Waals surface area (Å²) >= 11 is 7.62. The Morgan fingerprint density at radius 2 is 2.18 bits per heavy atom. The molecule has 0 bridgehead atoms. The predicted molar refractivity (Wildman–Crippen MR) is 110 cm³/mol. The van der Waals surface area contributed by atoms with E-state index in [1.54, 1.807) is 34.4 Å². The number of benzene rings is 2. The highest BCUT2D eigenvalue weighted by atomic mass is 35.5. The van der Waals surface area contributed by atoms with E-state index in [1.165, 1.54) is 7.11 Å². The number of nitrogens with one attached hydrogen (secondary N) is 1. The van der Waals surface area contributed by atoms with Crippen molar-refractivity contribution in [1.29, 1.82) is 0 Å². The number of nitrogens with zero attached hydrogens (tertiary/aromatic N) is 2. The maximum Gasteiger partial charge on any atom is 0.227 e. The number of fused-ring (bicyclic) bond motifs is 1. The van der Waals surface area contributed by atoms with Gasteiger partial charge in [0, 0.05) is 18.0 Å². The predicted octanol–water partition coefficient (Wildman–Crippen LogP) is 3.63. The van der Waals surface area contributed by atoms with Crippen LogP contribution in [0.15, 0.2) is 42.5 Å². The van der Waals surface area contributed by atoms with Crippen molar-refractivity contribution >= 4 is 50.7 Å². The number of rotatable bonds is 5. The summed E-state index contributed by atoms with van der Waals surface area (Å²) in [6, 6.07) is 12.9. The quantitative estimate of drug-likeness (QED) is 0.690. The Hall–Kier alpha value is -2.64. The minimum Gasteiger partial charge on any atom is -0.495 e. The monoisotopic (exact) mass is 415 g/mol. The van der Waals surface area contributed by atoms with E-state index in [4.69, 9.17) is 16.3 Å². The average Bonchev–Trinajstić information content (AvgIpc) is 3.29. The Morgan fingerprint density at radius 3 is 2.96 bits per heavy atom. The first-order valence-electron chi connectivity index (χ1n) is 8.81. The second kappa shape index (κ2) is 7.77. The van der Waals surface area contributed by atoms with Gasteiger partial charge in [0.05, 0.1) is 35.5 Å². The van der Waals surface area contributed by atoms with Gasteiger partial charge in [-0.05, 0) is 30.3 Å². The molecule has 8 heteroatoms. The van der Waals surface area contributed by atoms with Crippen LogP contribution in [0.2, 0.25) is 5.02 Å². The van der Waals surface area contributed by atoms with Crippen LogP contribution in [0.4, 0.5) is 5.69 Å². The van der Waals surface area contributed by atoms with Gasteiger partial charge in [0.1, 0.15) is 10.8 Å². The van der Waals surface area contributed by atoms with E-state index in [-0.39, 0.29) is 18.2 Å². The lowest BCUT2D eigenvalue weighted by molar-refractivity contribution is -0.126. The average molecular weight is 416 g/mol. The minimum absolute atomic E-state index is 0.124. The molecule has 2 aromatic carbocycles. The van der Waals surface area contributed by atoms with Gasteiger partial charge in [-0.15, -0.1) is 11.3 Å². The highest BCUT2D eigenvalue weighted by Gasteiger charge is 2.36. The van der Waals surface area contributed by atoms with Crippen molar-refractivity contribution < 1.29 is 14.3 Å². The van der Waals surface area contributed by atoms with Gasteiger partial charge in [-0.3, -0.25) is 9.59 Å². The van der Waals surface area contributed by atoms with Crippen LogP contribution in [0.25, 0.3) is 10.2 Å². The number of hydrogen-bond acceptors (Lipinski definition) is 5. The van der Waals surface area contributed by atoms with E-state index >= 15 is 0 Å². The van der Waals surface area contributed by atoms with Gasteiger partial charge in [-0.1, -0.05) is 23.7 Å². The number of carbonyl (C=O) groups is 2. The molecule has 2 amide bonds. The molecule has 1 aliphatic rings. The lowest BCUT2D eigenvalue weighted by Gasteiger charge is -2.19. The van der Waals surface area contributed by atoms with E-state index in [9.17, 15) is 9.59 Å². The first-order chi connectivity index (χ1) is 13.5. The van der Waals surface area contributed by atoms with Crippen molar-refractivity contribution in [3.05, 3.63) is 52.5 Å². The van der Waals surface area contributed by atoms with E-state index in [0.29, 0.717) is 29.5 Å². The molecule has 0 saturated carbocycles. The van der Waals surface area contributed by atoms with Crippen LogP contribution in [-0.2, 0) is 16.1 Å². The summed E-state index contributed by atoms with van der Waals surface area (Å²) in [5.41, 5.74) is 1.51. The molecule has 0 aliphatic carbocycles. The molecule has 0 unspecified atom stereocenters. The fourth-order valence-electron chi connectivity index (χ4n) is 3.29. The molecule has 1 atom stereocenters. The number of aromatic nitrogens is 1. The molecule has 2 heterocycles. The van der Waals surface area contributed by atoms with Crippen LogP contribution in [0.3, 0.4) is 0 Å². The third-order valence-corrected chi connectivity index (χ3v) is 5.95. The molecule has 28 heavy (non-hydrogen) atoms. The Bertz CT molecular complexity index is 1020. The Balaban J connectivity index is 1.43. The van der Waals surface area contributed by atoms with Crippen molar-refractivity contribution in [2.24, 2.45) is 5.92 Å². The van der Waals surface area contributed by atoms with Crippen molar-refractivity contribution in [2.45, 2.75) is 13.0 Å². The number of methoxy groups -OCH3 is 1. The van der Waals surface area contributed by atoms with Gasteiger partial charge in [-0.25, -0.2) is 4.98 Å². The highest BCUT2D eigenvalue weighted by Crippen LogP contribution is 2.35. The molecule has 1 saturated heterocycles. The molecular formula is C20H18ClN3O3S. The van der Waals surface area contributed by atoms with Gasteiger partial charge in [0.15, 0.2) is 0 Å². The first-order valence-corrected chi connectivity index (χ1v) is 10.0. The summed E-state index contributed by atoms with van der Waals surface area (Å²) in [4.78, 5) is 31.2. The van der Waals surface area contributed by atoms with E-state index in [0.717, 1.165) is 15.2 Å². The van der Waals surface area contributed by atoms with E-state index in [1.807, 2.05) is 24.3 Å². The summed E-state index contributed by atoms with van der Waals surface area (Å²) in [5.74, 6) is -0.157. The molecule has 0 radical (unpaired) electrons. The minimum atomic E-state index is -0.425. The Kier molecular flexibility index (Phi) is 5.19. The Labute approximate surface area is 171 Å². The smallest absolute Gasteiger partial charge is 0.227 e. The van der Waals surface area contributed by atoms with Crippen molar-refractivity contribution in [3.63, 3.8) is 0 Å². The molecule has 4 rings (SSSR count). The summed E-state index contributed by atoms with van der Waals surface area (Å²) in [6.45, 7) is 0.643. The maximum absolute atomic E-state index is 12.6. The fourth-order valence-corrected chi connectivity index (χ4v) is 4.37. The van der Waals surface area contributed by atoms with E-state index in [2.05, 4.69) is 10.3 Å². The lowest BCUT2D eigenvalue weighted by atomic mass is 10.1. The summed E-state index contributed by atoms with van der Waals surface area (Å²) in [7, 11) is 1.54. The molecule has 0 spiro atoms. The van der Waals surface area contributed by atoms with Crippen LogP contribution < -0.4 is 15.0 Å². The molecule has 1 aliphatic heterocycles. The number of hydrogen-bond donors (Lipinski definition) is 1. The SMILES string of the molecule is COc1ccc(Cl)cc1N1C[C@H](C(=O)NCc2nc3ccccc3s2)CC1=O. The highest BCUT2D eigenvalue weighted by molar-refractivity contribution is 7.18. The number of ether oxygens (including phenoxy) is 1. The van der Waals surface area contributed by atoms with Gasteiger partial charge in [0.2, 0.25) is 11.8 Å². The zero-order valence-corrected chi connectivity index (χ0v) is 16.7. The maximum atomic E-state index is 12.6. The van der Waals surface area contributed by atoms with Crippen molar-refractivity contribution in [2.75, 3.05) is 18.6 Å². The van der Waals surface area contributed by atoms with Gasteiger partial charge >= 0.3 is 0 Å². The van der Waals surface area contributed by atoms with Crippen LogP contribution in [0.5, 0.6) is 5.75 Å². The summed E-state index contributed by atoms with van der Waals surface area (Å²) in [5, 5.41) is 4.25. The lowest BCUT2D eigenvalue weighted by Crippen LogP contribution is -2.32. The van der Waals surface area contributed by atoms with Gasteiger partial charge < -0.3 is 15.0 Å². The molecule has 1 fully saturated rings. The molecule has 1 aromatic heterocycles. The van der Waals surface area contributed by atoms with E-state index < -0.39 is 5.92 Å². The third kappa shape index (κ3) is 3.68. The molecular weight excluding hydrogens is 398 g/mol. The fraction of sp³-hybridized carbons (Fsp3) is 0.250. The molecule has 1 N–H and O–H groups in total. The number of anilines is 1.